The number of carbonyl (C=O) groups excluding carboxylic acids is 1. The van der Waals surface area contributed by atoms with Crippen LogP contribution in [0.5, 0.6) is 0 Å². The van der Waals surface area contributed by atoms with Crippen molar-refractivity contribution < 1.29 is 4.79 Å². The van der Waals surface area contributed by atoms with Crippen LogP contribution in [0.15, 0.2) is 15.9 Å². The number of Topliss-reactive ketones (excluding diaryl/α,β-unsaturated/α-hetero) is 1. The van der Waals surface area contributed by atoms with Gasteiger partial charge >= 0.3 is 0 Å². The minimum absolute atomic E-state index is 0.149. The van der Waals surface area contributed by atoms with Crippen LogP contribution in [0.1, 0.15) is 23.5 Å². The molecule has 1 N–H and O–H groups in total. The molecular weight excluding hydrogens is 250 g/mol. The maximum absolute atomic E-state index is 11.5. The standard InChI is InChI=1S/C9H12BrNOS/c1-6(2)11-5-8(12)9-7(10)3-4-13-9/h3-4,6,11H,5H2,1-2H3. The van der Waals surface area contributed by atoms with E-state index in [0.29, 0.717) is 12.6 Å². The summed E-state index contributed by atoms with van der Waals surface area (Å²) in [5, 5.41) is 5.01. The van der Waals surface area contributed by atoms with Gasteiger partial charge in [0, 0.05) is 10.5 Å². The van der Waals surface area contributed by atoms with Gasteiger partial charge in [0.1, 0.15) is 0 Å². The molecule has 0 spiro atoms. The predicted molar refractivity (Wildman–Crippen MR) is 59.5 cm³/mol. The van der Waals surface area contributed by atoms with Crippen LogP contribution in [-0.4, -0.2) is 18.4 Å². The van der Waals surface area contributed by atoms with Gasteiger partial charge in [-0.25, -0.2) is 0 Å². The molecule has 0 fully saturated rings. The summed E-state index contributed by atoms with van der Waals surface area (Å²) in [5.74, 6) is 0.149. The number of carbonyl (C=O) groups is 1. The molecular formula is C9H12BrNOS. The van der Waals surface area contributed by atoms with Gasteiger partial charge in [-0.3, -0.25) is 4.79 Å². The number of rotatable bonds is 4. The SMILES string of the molecule is CC(C)NCC(=O)c1sccc1Br. The molecule has 0 aliphatic carbocycles. The zero-order valence-corrected chi connectivity index (χ0v) is 10.0. The van der Waals surface area contributed by atoms with Crippen LogP contribution in [-0.2, 0) is 0 Å². The maximum atomic E-state index is 11.5. The van der Waals surface area contributed by atoms with Gasteiger partial charge in [0.2, 0.25) is 0 Å². The van der Waals surface area contributed by atoms with E-state index < -0.39 is 0 Å². The van der Waals surface area contributed by atoms with Crippen LogP contribution in [0.2, 0.25) is 0 Å². The highest BCUT2D eigenvalue weighted by Gasteiger charge is 2.10. The summed E-state index contributed by atoms with van der Waals surface area (Å²) in [5.41, 5.74) is 0. The molecule has 2 nitrogen and oxygen atoms in total. The Morgan fingerprint density at radius 3 is 2.85 bits per heavy atom. The fraction of sp³-hybridized carbons (Fsp3) is 0.444. The topological polar surface area (TPSA) is 29.1 Å². The summed E-state index contributed by atoms with van der Waals surface area (Å²) in [6.45, 7) is 4.46. The summed E-state index contributed by atoms with van der Waals surface area (Å²) < 4.78 is 0.896. The molecule has 0 radical (unpaired) electrons. The van der Waals surface area contributed by atoms with E-state index in [9.17, 15) is 4.79 Å². The van der Waals surface area contributed by atoms with Crippen molar-refractivity contribution in [3.63, 3.8) is 0 Å². The molecule has 1 heterocycles. The third-order valence-corrected chi connectivity index (χ3v) is 3.42. The van der Waals surface area contributed by atoms with Crippen molar-refractivity contribution in [2.24, 2.45) is 0 Å². The highest BCUT2D eigenvalue weighted by molar-refractivity contribution is 9.10. The molecule has 0 amide bonds. The Hall–Kier alpha value is -0.190. The van der Waals surface area contributed by atoms with E-state index in [1.807, 2.05) is 25.3 Å². The Kier molecular flexibility index (Phi) is 4.09. The van der Waals surface area contributed by atoms with E-state index in [2.05, 4.69) is 21.2 Å². The lowest BCUT2D eigenvalue weighted by Gasteiger charge is -2.05. The lowest BCUT2D eigenvalue weighted by atomic mass is 10.3. The summed E-state index contributed by atoms with van der Waals surface area (Å²) in [4.78, 5) is 12.3. The van der Waals surface area contributed by atoms with Crippen molar-refractivity contribution >= 4 is 33.0 Å². The molecule has 0 saturated carbocycles. The summed E-state index contributed by atoms with van der Waals surface area (Å²) in [6, 6.07) is 2.25. The van der Waals surface area contributed by atoms with E-state index in [1.165, 1.54) is 11.3 Å². The first kappa shape index (κ1) is 10.9. The average Bonchev–Trinajstić information content (AvgIpc) is 2.47. The van der Waals surface area contributed by atoms with Crippen LogP contribution < -0.4 is 5.32 Å². The lowest BCUT2D eigenvalue weighted by Crippen LogP contribution is -2.28. The van der Waals surface area contributed by atoms with Gasteiger partial charge in [-0.05, 0) is 27.4 Å². The second-order valence-electron chi connectivity index (χ2n) is 3.06. The number of hydrogen-bond donors (Lipinski definition) is 1. The first-order chi connectivity index (χ1) is 6.11. The molecule has 1 aromatic rings. The second-order valence-corrected chi connectivity index (χ2v) is 4.83. The van der Waals surface area contributed by atoms with E-state index in [1.54, 1.807) is 0 Å². The average molecular weight is 262 g/mol. The summed E-state index contributed by atoms with van der Waals surface area (Å²) in [6.07, 6.45) is 0. The van der Waals surface area contributed by atoms with Gasteiger partial charge in [-0.2, -0.15) is 0 Å². The van der Waals surface area contributed by atoms with Crippen LogP contribution in [0, 0.1) is 0 Å². The second kappa shape index (κ2) is 4.88. The molecule has 0 atom stereocenters. The molecule has 0 aliphatic heterocycles. The molecule has 0 aromatic carbocycles. The van der Waals surface area contributed by atoms with Crippen molar-refractivity contribution in [3.8, 4) is 0 Å². The predicted octanol–water partition coefficient (Wildman–Crippen LogP) is 2.69. The highest BCUT2D eigenvalue weighted by atomic mass is 79.9. The molecule has 0 saturated heterocycles. The van der Waals surface area contributed by atoms with Crippen molar-refractivity contribution in [2.75, 3.05) is 6.54 Å². The Balaban J connectivity index is 2.54. The van der Waals surface area contributed by atoms with Crippen molar-refractivity contribution in [2.45, 2.75) is 19.9 Å². The molecule has 72 valence electrons. The Labute approximate surface area is 90.5 Å². The molecule has 0 aliphatic rings. The van der Waals surface area contributed by atoms with Crippen LogP contribution in [0.25, 0.3) is 0 Å². The molecule has 1 rings (SSSR count). The van der Waals surface area contributed by atoms with Gasteiger partial charge in [0.25, 0.3) is 0 Å². The van der Waals surface area contributed by atoms with E-state index >= 15 is 0 Å². The number of nitrogens with one attached hydrogen (secondary N) is 1. The number of halogens is 1. The minimum Gasteiger partial charge on any atom is -0.307 e. The van der Waals surface area contributed by atoms with Gasteiger partial charge in [-0.1, -0.05) is 13.8 Å². The van der Waals surface area contributed by atoms with Gasteiger partial charge in [0.05, 0.1) is 11.4 Å². The fourth-order valence-corrected chi connectivity index (χ4v) is 2.40. The summed E-state index contributed by atoms with van der Waals surface area (Å²) in [7, 11) is 0. The third-order valence-electron chi connectivity index (χ3n) is 1.54. The minimum atomic E-state index is 0.149. The molecule has 0 unspecified atom stereocenters. The Bertz CT molecular complexity index is 296. The molecule has 13 heavy (non-hydrogen) atoms. The first-order valence-corrected chi connectivity index (χ1v) is 5.78. The van der Waals surface area contributed by atoms with E-state index in [0.717, 1.165) is 9.35 Å². The number of ketones is 1. The zero-order valence-electron chi connectivity index (χ0n) is 7.63. The van der Waals surface area contributed by atoms with Crippen LogP contribution in [0.4, 0.5) is 0 Å². The Morgan fingerprint density at radius 1 is 1.69 bits per heavy atom. The van der Waals surface area contributed by atoms with Gasteiger partial charge in [-0.15, -0.1) is 11.3 Å². The summed E-state index contributed by atoms with van der Waals surface area (Å²) >= 11 is 4.81. The lowest BCUT2D eigenvalue weighted by molar-refractivity contribution is 0.0991. The van der Waals surface area contributed by atoms with Crippen LogP contribution >= 0.6 is 27.3 Å². The smallest absolute Gasteiger partial charge is 0.187 e. The third kappa shape index (κ3) is 3.21. The van der Waals surface area contributed by atoms with E-state index in [-0.39, 0.29) is 5.78 Å². The molecule has 1 aromatic heterocycles. The normalized spacial score (nSPS) is 10.8. The zero-order chi connectivity index (χ0) is 9.84. The van der Waals surface area contributed by atoms with Gasteiger partial charge in [0.15, 0.2) is 5.78 Å². The molecule has 4 heteroatoms. The van der Waals surface area contributed by atoms with Crippen molar-refractivity contribution in [1.29, 1.82) is 0 Å². The van der Waals surface area contributed by atoms with E-state index in [4.69, 9.17) is 0 Å². The fourth-order valence-electron chi connectivity index (χ4n) is 0.870. The number of thiophene rings is 1. The Morgan fingerprint density at radius 2 is 2.38 bits per heavy atom. The largest absolute Gasteiger partial charge is 0.307 e. The van der Waals surface area contributed by atoms with Crippen LogP contribution in [0.3, 0.4) is 0 Å². The van der Waals surface area contributed by atoms with Gasteiger partial charge < -0.3 is 5.32 Å². The van der Waals surface area contributed by atoms with Crippen molar-refractivity contribution in [3.05, 3.63) is 20.8 Å². The monoisotopic (exact) mass is 261 g/mol. The highest BCUT2D eigenvalue weighted by Crippen LogP contribution is 2.22. The quantitative estimate of drug-likeness (QED) is 0.845. The van der Waals surface area contributed by atoms with Crippen molar-refractivity contribution in [1.82, 2.24) is 5.32 Å². The molecule has 0 bridgehead atoms. The maximum Gasteiger partial charge on any atom is 0.187 e. The number of hydrogen-bond acceptors (Lipinski definition) is 3. The first-order valence-electron chi connectivity index (χ1n) is 4.11.